The van der Waals surface area contributed by atoms with E-state index in [0.29, 0.717) is 5.11 Å². The molecule has 1 aliphatic rings. The van der Waals surface area contributed by atoms with Crippen LogP contribution in [0.1, 0.15) is 0 Å². The monoisotopic (exact) mass is 329 g/mol. The lowest BCUT2D eigenvalue weighted by atomic mass is 10.3. The van der Waals surface area contributed by atoms with Crippen LogP contribution in [0.25, 0.3) is 0 Å². The molecule has 1 N–H and O–H groups in total. The molecule has 17 heavy (non-hydrogen) atoms. The van der Waals surface area contributed by atoms with Crippen LogP contribution in [0, 0.1) is 0 Å². The van der Waals surface area contributed by atoms with Gasteiger partial charge in [0.05, 0.1) is 0 Å². The lowest BCUT2D eigenvalue weighted by molar-refractivity contribution is 0.564. The van der Waals surface area contributed by atoms with E-state index < -0.39 is 0 Å². The number of halogens is 1. The van der Waals surface area contributed by atoms with Crippen molar-refractivity contribution in [1.82, 2.24) is 4.90 Å². The van der Waals surface area contributed by atoms with Crippen molar-refractivity contribution in [2.45, 2.75) is 0 Å². The smallest absolute Gasteiger partial charge is 0.199 e. The molecule has 1 aromatic rings. The van der Waals surface area contributed by atoms with Crippen LogP contribution in [0.15, 0.2) is 33.7 Å². The molecule has 1 aromatic carbocycles. The standard InChI is InChI=1S/C11H12BrN3S2/c1-15-6-7-17-11(15)14-10(16)13-9-4-2-8(12)3-5-9/h2-5H,6-7H2,1H3,(H,13,16). The predicted molar refractivity (Wildman–Crippen MR) is 82.9 cm³/mol. The summed E-state index contributed by atoms with van der Waals surface area (Å²) in [5, 5.41) is 4.59. The molecule has 1 fully saturated rings. The molecule has 1 saturated heterocycles. The van der Waals surface area contributed by atoms with Gasteiger partial charge in [0.2, 0.25) is 0 Å². The molecule has 0 atom stereocenters. The first-order valence-corrected chi connectivity index (χ1v) is 7.33. The van der Waals surface area contributed by atoms with Crippen molar-refractivity contribution in [2.75, 3.05) is 24.7 Å². The van der Waals surface area contributed by atoms with E-state index >= 15 is 0 Å². The summed E-state index contributed by atoms with van der Waals surface area (Å²) in [4.78, 5) is 6.50. The molecule has 2 rings (SSSR count). The molecule has 0 spiro atoms. The summed E-state index contributed by atoms with van der Waals surface area (Å²) in [6.07, 6.45) is 0. The molecular formula is C11H12BrN3S2. The van der Waals surface area contributed by atoms with Gasteiger partial charge < -0.3 is 10.2 Å². The molecule has 6 heteroatoms. The highest BCUT2D eigenvalue weighted by atomic mass is 79.9. The van der Waals surface area contributed by atoms with Crippen LogP contribution in [0.4, 0.5) is 5.69 Å². The maximum atomic E-state index is 5.21. The Balaban J connectivity index is 2.00. The maximum absolute atomic E-state index is 5.21. The van der Waals surface area contributed by atoms with Crippen molar-refractivity contribution in [1.29, 1.82) is 0 Å². The number of thioether (sulfide) groups is 1. The summed E-state index contributed by atoms with van der Waals surface area (Å²) < 4.78 is 1.05. The van der Waals surface area contributed by atoms with E-state index in [2.05, 4.69) is 31.1 Å². The number of nitrogens with zero attached hydrogens (tertiary/aromatic N) is 2. The second-order valence-corrected chi connectivity index (χ2v) is 5.97. The third-order valence-corrected chi connectivity index (χ3v) is 4.05. The summed E-state index contributed by atoms with van der Waals surface area (Å²) in [7, 11) is 2.03. The van der Waals surface area contributed by atoms with Gasteiger partial charge in [-0.15, -0.1) is 0 Å². The molecule has 0 unspecified atom stereocenters. The Hall–Kier alpha value is -0.590. The van der Waals surface area contributed by atoms with Gasteiger partial charge in [-0.3, -0.25) is 0 Å². The van der Waals surface area contributed by atoms with Gasteiger partial charge in [0.1, 0.15) is 0 Å². The van der Waals surface area contributed by atoms with E-state index in [9.17, 15) is 0 Å². The molecule has 0 saturated carbocycles. The first-order chi connectivity index (χ1) is 8.15. The van der Waals surface area contributed by atoms with Crippen LogP contribution in [-0.2, 0) is 0 Å². The number of benzene rings is 1. The van der Waals surface area contributed by atoms with Gasteiger partial charge in [-0.05, 0) is 36.5 Å². The average molecular weight is 330 g/mol. The zero-order chi connectivity index (χ0) is 12.3. The van der Waals surface area contributed by atoms with Gasteiger partial charge in [-0.1, -0.05) is 27.7 Å². The van der Waals surface area contributed by atoms with E-state index in [1.807, 2.05) is 31.3 Å². The van der Waals surface area contributed by atoms with Crippen LogP contribution >= 0.6 is 39.9 Å². The number of thiocarbonyl (C=S) groups is 1. The van der Waals surface area contributed by atoms with Gasteiger partial charge >= 0.3 is 0 Å². The Morgan fingerprint density at radius 1 is 1.47 bits per heavy atom. The van der Waals surface area contributed by atoms with Crippen LogP contribution in [-0.4, -0.2) is 34.5 Å². The van der Waals surface area contributed by atoms with Gasteiger partial charge in [0.25, 0.3) is 0 Å². The SMILES string of the molecule is CN1CCSC1=NC(=S)Nc1ccc(Br)cc1. The Labute approximate surface area is 119 Å². The fourth-order valence-electron chi connectivity index (χ4n) is 1.37. The molecule has 0 bridgehead atoms. The van der Waals surface area contributed by atoms with Crippen LogP contribution in [0.5, 0.6) is 0 Å². The average Bonchev–Trinajstić information content (AvgIpc) is 2.68. The third-order valence-electron chi connectivity index (χ3n) is 2.28. The first-order valence-electron chi connectivity index (χ1n) is 5.14. The molecule has 0 aromatic heterocycles. The van der Waals surface area contributed by atoms with Crippen LogP contribution in [0.2, 0.25) is 0 Å². The molecule has 1 heterocycles. The van der Waals surface area contributed by atoms with Gasteiger partial charge in [0, 0.05) is 29.5 Å². The van der Waals surface area contributed by atoms with Crippen molar-refractivity contribution >= 4 is 55.9 Å². The predicted octanol–water partition coefficient (Wildman–Crippen LogP) is 3.18. The Morgan fingerprint density at radius 3 is 2.76 bits per heavy atom. The van der Waals surface area contributed by atoms with Crippen molar-refractivity contribution < 1.29 is 0 Å². The number of aliphatic imine (C=N–C) groups is 1. The summed E-state index contributed by atoms with van der Waals surface area (Å²) in [6.45, 7) is 1.03. The van der Waals surface area contributed by atoms with Crippen LogP contribution < -0.4 is 5.32 Å². The zero-order valence-corrected chi connectivity index (χ0v) is 12.5. The number of anilines is 1. The Kier molecular flexibility index (Phi) is 4.42. The normalized spacial score (nSPS) is 17.5. The maximum Gasteiger partial charge on any atom is 0.199 e. The minimum absolute atomic E-state index is 0.503. The first kappa shape index (κ1) is 12.9. The number of rotatable bonds is 1. The van der Waals surface area contributed by atoms with Crippen LogP contribution in [0.3, 0.4) is 0 Å². The second-order valence-electron chi connectivity index (χ2n) is 3.60. The van der Waals surface area contributed by atoms with Gasteiger partial charge in [-0.2, -0.15) is 4.99 Å². The fraction of sp³-hybridized carbons (Fsp3) is 0.273. The quantitative estimate of drug-likeness (QED) is 0.801. The summed E-state index contributed by atoms with van der Waals surface area (Å²) in [5.41, 5.74) is 0.952. The molecule has 0 amide bonds. The topological polar surface area (TPSA) is 27.6 Å². The van der Waals surface area contributed by atoms with Gasteiger partial charge in [-0.25, -0.2) is 0 Å². The zero-order valence-electron chi connectivity index (χ0n) is 9.31. The minimum atomic E-state index is 0.503. The third kappa shape index (κ3) is 3.69. The lowest BCUT2D eigenvalue weighted by Crippen LogP contribution is -2.20. The van der Waals surface area contributed by atoms with Crippen molar-refractivity contribution in [3.05, 3.63) is 28.7 Å². The van der Waals surface area contributed by atoms with E-state index in [1.54, 1.807) is 11.8 Å². The Morgan fingerprint density at radius 2 is 2.18 bits per heavy atom. The molecular weight excluding hydrogens is 318 g/mol. The molecule has 3 nitrogen and oxygen atoms in total. The van der Waals surface area contributed by atoms with E-state index in [4.69, 9.17) is 12.2 Å². The largest absolute Gasteiger partial charge is 0.353 e. The molecule has 0 radical (unpaired) electrons. The fourth-order valence-corrected chi connectivity index (χ4v) is 2.91. The summed E-state index contributed by atoms with van der Waals surface area (Å²) in [6, 6.07) is 7.85. The number of amidine groups is 1. The molecule has 90 valence electrons. The highest BCUT2D eigenvalue weighted by Gasteiger charge is 2.15. The van der Waals surface area contributed by atoms with Crippen molar-refractivity contribution in [2.24, 2.45) is 4.99 Å². The molecule has 0 aliphatic carbocycles. The highest BCUT2D eigenvalue weighted by molar-refractivity contribution is 9.10. The molecule has 1 aliphatic heterocycles. The van der Waals surface area contributed by atoms with E-state index in [0.717, 1.165) is 27.6 Å². The van der Waals surface area contributed by atoms with E-state index in [1.165, 1.54) is 0 Å². The minimum Gasteiger partial charge on any atom is -0.353 e. The number of hydrogen-bond donors (Lipinski definition) is 1. The number of nitrogens with one attached hydrogen (secondary N) is 1. The van der Waals surface area contributed by atoms with Crippen molar-refractivity contribution in [3.8, 4) is 0 Å². The Bertz CT molecular complexity index is 445. The summed E-state index contributed by atoms with van der Waals surface area (Å²) in [5.74, 6) is 1.08. The summed E-state index contributed by atoms with van der Waals surface area (Å²) >= 11 is 10.3. The van der Waals surface area contributed by atoms with E-state index in [-0.39, 0.29) is 0 Å². The van der Waals surface area contributed by atoms with Gasteiger partial charge in [0.15, 0.2) is 10.3 Å². The second kappa shape index (κ2) is 5.84. The number of hydrogen-bond acceptors (Lipinski definition) is 2. The highest BCUT2D eigenvalue weighted by Crippen LogP contribution is 2.17. The van der Waals surface area contributed by atoms with Crippen molar-refractivity contribution in [3.63, 3.8) is 0 Å². The lowest BCUT2D eigenvalue weighted by Gasteiger charge is -2.10.